The van der Waals surface area contributed by atoms with Crippen LogP contribution in [-0.4, -0.2) is 32.5 Å². The molecule has 0 bridgehead atoms. The Morgan fingerprint density at radius 2 is 1.96 bits per heavy atom. The second-order valence-corrected chi connectivity index (χ2v) is 6.61. The first-order chi connectivity index (χ1) is 12.5. The number of fused-ring (bicyclic) bond motifs is 1. The predicted molar refractivity (Wildman–Crippen MR) is 101 cm³/mol. The van der Waals surface area contributed by atoms with Crippen molar-refractivity contribution in [2.75, 3.05) is 5.32 Å². The van der Waals surface area contributed by atoms with Crippen molar-refractivity contribution in [1.29, 1.82) is 0 Å². The van der Waals surface area contributed by atoms with Gasteiger partial charge in [0.1, 0.15) is 11.9 Å². The average molecular weight is 354 g/mol. The maximum Gasteiger partial charge on any atom is 0.255 e. The summed E-state index contributed by atoms with van der Waals surface area (Å²) < 4.78 is 1.73. The van der Waals surface area contributed by atoms with Crippen LogP contribution in [0, 0.1) is 0 Å². The second-order valence-electron chi connectivity index (χ2n) is 6.61. The fourth-order valence-corrected chi connectivity index (χ4v) is 3.71. The van der Waals surface area contributed by atoms with Gasteiger partial charge in [-0.1, -0.05) is 39.0 Å². The van der Waals surface area contributed by atoms with Crippen LogP contribution < -0.4 is 5.32 Å². The third-order valence-electron chi connectivity index (χ3n) is 5.07. The van der Waals surface area contributed by atoms with Crippen molar-refractivity contribution in [1.82, 2.24) is 14.7 Å². The van der Waals surface area contributed by atoms with Crippen LogP contribution in [-0.2, 0) is 31.2 Å². The molecule has 26 heavy (non-hydrogen) atoms. The molecule has 2 amide bonds. The topological polar surface area (TPSA) is 67.2 Å². The lowest BCUT2D eigenvalue weighted by Gasteiger charge is -2.26. The zero-order valence-corrected chi connectivity index (χ0v) is 15.9. The zero-order valence-electron chi connectivity index (χ0n) is 15.9. The molecule has 0 fully saturated rings. The summed E-state index contributed by atoms with van der Waals surface area (Å²) in [6, 6.07) is 7.05. The van der Waals surface area contributed by atoms with E-state index in [-0.39, 0.29) is 11.8 Å². The van der Waals surface area contributed by atoms with Gasteiger partial charge in [-0.15, -0.1) is 0 Å². The van der Waals surface area contributed by atoms with Crippen LogP contribution in [0.1, 0.15) is 54.4 Å². The first-order valence-electron chi connectivity index (χ1n) is 9.26. The highest BCUT2D eigenvalue weighted by Gasteiger charge is 2.35. The monoisotopic (exact) mass is 354 g/mol. The lowest BCUT2D eigenvalue weighted by Crippen LogP contribution is -2.44. The maximum absolute atomic E-state index is 13.0. The minimum absolute atomic E-state index is 0.0717. The molecule has 138 valence electrons. The highest BCUT2D eigenvalue weighted by molar-refractivity contribution is 6.03. The fourth-order valence-electron chi connectivity index (χ4n) is 3.71. The predicted octanol–water partition coefficient (Wildman–Crippen LogP) is 2.92. The number of nitrogens with zero attached hydrogens (tertiary/aromatic N) is 3. The molecule has 0 saturated carbocycles. The average Bonchev–Trinajstić information content (AvgIpc) is 3.13. The van der Waals surface area contributed by atoms with Crippen LogP contribution in [0.15, 0.2) is 24.3 Å². The quantitative estimate of drug-likeness (QED) is 0.867. The Hall–Kier alpha value is -2.63. The van der Waals surface area contributed by atoms with Crippen molar-refractivity contribution in [3.63, 3.8) is 0 Å². The normalized spacial score (nSPS) is 14.5. The smallest absolute Gasteiger partial charge is 0.255 e. The Morgan fingerprint density at radius 3 is 2.58 bits per heavy atom. The molecular weight excluding hydrogens is 328 g/mol. The van der Waals surface area contributed by atoms with Crippen LogP contribution in [0.5, 0.6) is 0 Å². The summed E-state index contributed by atoms with van der Waals surface area (Å²) >= 11 is 0. The first kappa shape index (κ1) is 18.2. The Kier molecular flexibility index (Phi) is 5.11. The van der Waals surface area contributed by atoms with Gasteiger partial charge >= 0.3 is 0 Å². The van der Waals surface area contributed by atoms with Gasteiger partial charge in [-0.05, 0) is 30.9 Å². The van der Waals surface area contributed by atoms with Crippen LogP contribution in [0.4, 0.5) is 5.82 Å². The van der Waals surface area contributed by atoms with Gasteiger partial charge in [-0.2, -0.15) is 5.10 Å². The lowest BCUT2D eigenvalue weighted by atomic mass is 10.1. The van der Waals surface area contributed by atoms with E-state index in [4.69, 9.17) is 0 Å². The van der Waals surface area contributed by atoms with Crippen molar-refractivity contribution in [3.05, 3.63) is 46.6 Å². The molecule has 1 aliphatic heterocycles. The molecule has 6 heteroatoms. The van der Waals surface area contributed by atoms with Crippen molar-refractivity contribution in [2.24, 2.45) is 7.05 Å². The van der Waals surface area contributed by atoms with Crippen LogP contribution in [0.2, 0.25) is 0 Å². The molecule has 0 aliphatic carbocycles. The van der Waals surface area contributed by atoms with Crippen molar-refractivity contribution >= 4 is 17.6 Å². The molecular formula is C20H26N4O2. The van der Waals surface area contributed by atoms with Gasteiger partial charge in [0.2, 0.25) is 5.91 Å². The van der Waals surface area contributed by atoms with Gasteiger partial charge in [0.05, 0.1) is 5.69 Å². The summed E-state index contributed by atoms with van der Waals surface area (Å²) in [5.41, 5.74) is 3.74. The number of hydrogen-bond acceptors (Lipinski definition) is 3. The van der Waals surface area contributed by atoms with E-state index in [9.17, 15) is 9.59 Å². The minimum Gasteiger partial charge on any atom is -0.322 e. The van der Waals surface area contributed by atoms with E-state index in [0.717, 1.165) is 35.5 Å². The molecule has 0 radical (unpaired) electrons. The van der Waals surface area contributed by atoms with Crippen LogP contribution in [0.25, 0.3) is 0 Å². The Morgan fingerprint density at radius 1 is 1.23 bits per heavy atom. The number of anilines is 1. The number of carbonyl (C=O) groups is 2. The van der Waals surface area contributed by atoms with E-state index in [0.29, 0.717) is 18.5 Å². The number of hydrogen-bond donors (Lipinski definition) is 1. The summed E-state index contributed by atoms with van der Waals surface area (Å²) in [6.07, 6.45) is 2.19. The molecule has 2 aromatic rings. The minimum atomic E-state index is -0.500. The third kappa shape index (κ3) is 3.00. The molecule has 1 aromatic heterocycles. The highest BCUT2D eigenvalue weighted by atomic mass is 16.2. The number of aromatic nitrogens is 2. The van der Waals surface area contributed by atoms with E-state index in [2.05, 4.69) is 24.3 Å². The zero-order chi connectivity index (χ0) is 18.8. The van der Waals surface area contributed by atoms with Crippen LogP contribution >= 0.6 is 0 Å². The number of amides is 2. The molecule has 2 heterocycles. The van der Waals surface area contributed by atoms with E-state index in [1.54, 1.807) is 9.58 Å². The molecule has 6 nitrogen and oxygen atoms in total. The fraction of sp³-hybridized carbons (Fsp3) is 0.450. The number of rotatable bonds is 6. The SMILES string of the molecule is CCc1nn(C)c(NC(=O)C(CC)N2Cc3ccccc3C2=O)c1CC. The number of carbonyl (C=O) groups excluding carboxylic acids is 2. The lowest BCUT2D eigenvalue weighted by molar-refractivity contribution is -0.120. The van der Waals surface area contributed by atoms with Gasteiger partial charge < -0.3 is 10.2 Å². The molecule has 0 spiro atoms. The Balaban J connectivity index is 1.83. The largest absolute Gasteiger partial charge is 0.322 e. The number of nitrogens with one attached hydrogen (secondary N) is 1. The van der Waals surface area contributed by atoms with E-state index in [1.807, 2.05) is 38.2 Å². The van der Waals surface area contributed by atoms with Gasteiger partial charge in [-0.25, -0.2) is 0 Å². The molecule has 0 saturated heterocycles. The number of aryl methyl sites for hydroxylation is 2. The van der Waals surface area contributed by atoms with Crippen molar-refractivity contribution in [3.8, 4) is 0 Å². The van der Waals surface area contributed by atoms with Gasteiger partial charge in [0, 0.05) is 24.7 Å². The highest BCUT2D eigenvalue weighted by Crippen LogP contribution is 2.27. The second kappa shape index (κ2) is 7.32. The van der Waals surface area contributed by atoms with E-state index >= 15 is 0 Å². The van der Waals surface area contributed by atoms with E-state index in [1.165, 1.54) is 0 Å². The third-order valence-corrected chi connectivity index (χ3v) is 5.07. The summed E-state index contributed by atoms with van der Waals surface area (Å²) in [7, 11) is 1.84. The summed E-state index contributed by atoms with van der Waals surface area (Å²) in [6.45, 7) is 6.53. The van der Waals surface area contributed by atoms with Crippen LogP contribution in [0.3, 0.4) is 0 Å². The first-order valence-corrected chi connectivity index (χ1v) is 9.26. The van der Waals surface area contributed by atoms with Gasteiger partial charge in [0.15, 0.2) is 0 Å². The van der Waals surface area contributed by atoms with E-state index < -0.39 is 6.04 Å². The van der Waals surface area contributed by atoms with Crippen molar-refractivity contribution in [2.45, 2.75) is 52.6 Å². The summed E-state index contributed by atoms with van der Waals surface area (Å²) in [5.74, 6) is 0.503. The van der Waals surface area contributed by atoms with Gasteiger partial charge in [-0.3, -0.25) is 14.3 Å². The molecule has 1 atom stereocenters. The summed E-state index contributed by atoms with van der Waals surface area (Å²) in [5, 5.41) is 7.53. The maximum atomic E-state index is 13.0. The molecule has 1 aliphatic rings. The molecule has 1 N–H and O–H groups in total. The summed E-state index contributed by atoms with van der Waals surface area (Å²) in [4.78, 5) is 27.4. The Bertz CT molecular complexity index is 840. The molecule has 1 aromatic carbocycles. The Labute approximate surface area is 154 Å². The standard InChI is InChI=1S/C20H26N4O2/c1-5-14-16(6-2)22-23(4)18(14)21-19(25)17(7-3)24-12-13-10-8-9-11-15(13)20(24)26/h8-11,17H,5-7,12H2,1-4H3,(H,21,25). The van der Waals surface area contributed by atoms with Crippen molar-refractivity contribution < 1.29 is 9.59 Å². The van der Waals surface area contributed by atoms with Gasteiger partial charge in [0.25, 0.3) is 5.91 Å². The molecule has 1 unspecified atom stereocenters. The molecule has 3 rings (SSSR count). The number of benzene rings is 1.